The average Bonchev–Trinajstić information content (AvgIpc) is 3.06. The Morgan fingerprint density at radius 2 is 2.40 bits per heavy atom. The number of aromatic nitrogens is 3. The minimum absolute atomic E-state index is 0.159. The molecule has 0 spiro atoms. The lowest BCUT2D eigenvalue weighted by molar-refractivity contribution is -0.116. The van der Waals surface area contributed by atoms with Crippen LogP contribution in [0.2, 0.25) is 0 Å². The first-order chi connectivity index (χ1) is 9.63. The molecule has 1 atom stereocenters. The second-order valence-electron chi connectivity index (χ2n) is 3.77. The molecule has 1 N–H and O–H groups in total. The van der Waals surface area contributed by atoms with Crippen molar-refractivity contribution in [2.75, 3.05) is 18.1 Å². The summed E-state index contributed by atoms with van der Waals surface area (Å²) in [6.07, 6.45) is 0. The molecule has 2 rings (SSSR count). The van der Waals surface area contributed by atoms with Crippen LogP contribution in [0.5, 0.6) is 0 Å². The molecule has 0 saturated heterocycles. The van der Waals surface area contributed by atoms with Crippen molar-refractivity contribution in [3.05, 3.63) is 16.1 Å². The van der Waals surface area contributed by atoms with E-state index in [2.05, 4.69) is 20.5 Å². The van der Waals surface area contributed by atoms with E-state index in [4.69, 9.17) is 5.26 Å². The maximum absolute atomic E-state index is 12.1. The number of ketones is 1. The molecule has 0 fully saturated rings. The van der Waals surface area contributed by atoms with Gasteiger partial charge in [-0.15, -0.1) is 21.5 Å². The fourth-order valence-corrected chi connectivity index (χ4v) is 3.83. The van der Waals surface area contributed by atoms with Gasteiger partial charge in [0.1, 0.15) is 5.01 Å². The molecule has 9 heteroatoms. The Bertz CT molecular complexity index is 645. The van der Waals surface area contributed by atoms with Crippen LogP contribution < -0.4 is 5.32 Å². The van der Waals surface area contributed by atoms with Crippen molar-refractivity contribution in [1.82, 2.24) is 15.2 Å². The minimum atomic E-state index is -0.794. The van der Waals surface area contributed by atoms with Crippen LogP contribution in [-0.4, -0.2) is 33.8 Å². The van der Waals surface area contributed by atoms with Gasteiger partial charge in [0.25, 0.3) is 0 Å². The van der Waals surface area contributed by atoms with Crippen LogP contribution in [0.15, 0.2) is 9.72 Å². The lowest BCUT2D eigenvalue weighted by atomic mass is 10.1. The maximum atomic E-state index is 12.1. The second kappa shape index (κ2) is 6.78. The van der Waals surface area contributed by atoms with E-state index in [0.29, 0.717) is 14.5 Å². The number of rotatable bonds is 6. The van der Waals surface area contributed by atoms with Gasteiger partial charge in [0.05, 0.1) is 11.8 Å². The summed E-state index contributed by atoms with van der Waals surface area (Å²) in [5.41, 5.74) is 0.827. The number of nitrogens with one attached hydrogen (secondary N) is 1. The molecule has 0 bridgehead atoms. The van der Waals surface area contributed by atoms with Gasteiger partial charge >= 0.3 is 0 Å². The summed E-state index contributed by atoms with van der Waals surface area (Å²) in [5.74, 6) is -0.763. The van der Waals surface area contributed by atoms with Crippen LogP contribution in [0.3, 0.4) is 0 Å². The third kappa shape index (κ3) is 3.53. The van der Waals surface area contributed by atoms with Crippen molar-refractivity contribution in [2.24, 2.45) is 0 Å². The highest BCUT2D eigenvalue weighted by molar-refractivity contribution is 8.01. The Labute approximate surface area is 128 Å². The number of thiazole rings is 1. The molecule has 104 valence electrons. The Morgan fingerprint density at radius 1 is 1.60 bits per heavy atom. The zero-order chi connectivity index (χ0) is 14.5. The molecule has 2 aromatic heterocycles. The van der Waals surface area contributed by atoms with Crippen LogP contribution >= 0.6 is 34.4 Å². The highest BCUT2D eigenvalue weighted by Crippen LogP contribution is 2.28. The molecule has 2 aromatic rings. The molecule has 0 aliphatic rings. The number of aryl methyl sites for hydroxylation is 1. The molecule has 0 amide bonds. The quantitative estimate of drug-likeness (QED) is 0.815. The van der Waals surface area contributed by atoms with Crippen molar-refractivity contribution >= 4 is 45.4 Å². The SMILES string of the molecule is CNc1nnc(SCC(=O)[C@H](C#N)c2nc(C)cs2)s1. The van der Waals surface area contributed by atoms with Gasteiger partial charge in [-0.3, -0.25) is 4.79 Å². The number of nitrogens with zero attached hydrogens (tertiary/aromatic N) is 4. The number of hydrogen-bond donors (Lipinski definition) is 1. The van der Waals surface area contributed by atoms with Gasteiger partial charge in [-0.05, 0) is 6.92 Å². The molecule has 0 unspecified atom stereocenters. The van der Waals surface area contributed by atoms with Crippen molar-refractivity contribution in [3.8, 4) is 6.07 Å². The standard InChI is InChI=1S/C11H11N5OS3/c1-6-4-18-9(14-6)7(3-12)8(17)5-19-11-16-15-10(13-2)20-11/h4,7H,5H2,1-2H3,(H,13,15)/t7-/m0/s1. The molecular formula is C11H11N5OS3. The summed E-state index contributed by atoms with van der Waals surface area (Å²) in [4.78, 5) is 16.3. The zero-order valence-corrected chi connectivity index (χ0v) is 13.2. The van der Waals surface area contributed by atoms with Crippen LogP contribution in [0.1, 0.15) is 16.6 Å². The maximum Gasteiger partial charge on any atom is 0.206 e. The Hall–Kier alpha value is -1.50. The molecule has 0 saturated carbocycles. The number of carbonyl (C=O) groups excluding carboxylic acids is 1. The average molecular weight is 325 g/mol. The van der Waals surface area contributed by atoms with Crippen molar-refractivity contribution in [1.29, 1.82) is 5.26 Å². The third-order valence-electron chi connectivity index (χ3n) is 2.29. The van der Waals surface area contributed by atoms with Crippen molar-refractivity contribution < 1.29 is 4.79 Å². The summed E-state index contributed by atoms with van der Waals surface area (Å²) in [5, 5.41) is 23.0. The van der Waals surface area contributed by atoms with E-state index < -0.39 is 5.92 Å². The van der Waals surface area contributed by atoms with Gasteiger partial charge in [0.2, 0.25) is 5.13 Å². The van der Waals surface area contributed by atoms with Gasteiger partial charge in [0, 0.05) is 18.1 Å². The van der Waals surface area contributed by atoms with Gasteiger partial charge in [-0.25, -0.2) is 4.98 Å². The first-order valence-electron chi connectivity index (χ1n) is 5.62. The summed E-state index contributed by atoms with van der Waals surface area (Å²) in [6, 6.07) is 2.02. The minimum Gasteiger partial charge on any atom is -0.363 e. The lowest BCUT2D eigenvalue weighted by Crippen LogP contribution is -2.13. The summed E-state index contributed by atoms with van der Waals surface area (Å²) >= 11 is 4.01. The van der Waals surface area contributed by atoms with Crippen LogP contribution in [0.25, 0.3) is 0 Å². The molecule has 6 nitrogen and oxygen atoms in total. The first kappa shape index (κ1) is 14.9. The van der Waals surface area contributed by atoms with Gasteiger partial charge in [0.15, 0.2) is 16.0 Å². The highest BCUT2D eigenvalue weighted by Gasteiger charge is 2.23. The molecule has 0 aliphatic carbocycles. The Kier molecular flexibility index (Phi) is 5.05. The molecule has 2 heterocycles. The molecule has 0 aromatic carbocycles. The fraction of sp³-hybridized carbons (Fsp3) is 0.364. The summed E-state index contributed by atoms with van der Waals surface area (Å²) < 4.78 is 0.703. The molecule has 20 heavy (non-hydrogen) atoms. The number of anilines is 1. The molecule has 0 radical (unpaired) electrons. The van der Waals surface area contributed by atoms with Gasteiger partial charge in [-0.1, -0.05) is 23.1 Å². The number of Topliss-reactive ketones (excluding diaryl/α,β-unsaturated/α-hetero) is 1. The van der Waals surface area contributed by atoms with E-state index >= 15 is 0 Å². The van der Waals surface area contributed by atoms with E-state index in [0.717, 1.165) is 5.69 Å². The van der Waals surface area contributed by atoms with Crippen LogP contribution in [0.4, 0.5) is 5.13 Å². The van der Waals surface area contributed by atoms with Crippen molar-refractivity contribution in [2.45, 2.75) is 17.2 Å². The Balaban J connectivity index is 1.98. The van der Waals surface area contributed by atoms with E-state index in [9.17, 15) is 4.79 Å². The summed E-state index contributed by atoms with van der Waals surface area (Å²) in [7, 11) is 1.76. The number of carbonyl (C=O) groups is 1. The van der Waals surface area contributed by atoms with Gasteiger partial charge in [-0.2, -0.15) is 5.26 Å². The van der Waals surface area contributed by atoms with E-state index in [1.807, 2.05) is 18.4 Å². The predicted molar refractivity (Wildman–Crippen MR) is 80.4 cm³/mol. The van der Waals surface area contributed by atoms with E-state index in [1.54, 1.807) is 7.05 Å². The Morgan fingerprint density at radius 3 is 2.95 bits per heavy atom. The lowest BCUT2D eigenvalue weighted by Gasteiger charge is -2.03. The topological polar surface area (TPSA) is 91.6 Å². The number of hydrogen-bond acceptors (Lipinski definition) is 9. The van der Waals surface area contributed by atoms with Crippen molar-refractivity contribution in [3.63, 3.8) is 0 Å². The third-order valence-corrected chi connectivity index (χ3v) is 5.42. The van der Waals surface area contributed by atoms with E-state index in [-0.39, 0.29) is 11.5 Å². The number of thioether (sulfide) groups is 1. The van der Waals surface area contributed by atoms with Crippen LogP contribution in [-0.2, 0) is 4.79 Å². The smallest absolute Gasteiger partial charge is 0.206 e. The normalized spacial score (nSPS) is 11.8. The monoisotopic (exact) mass is 325 g/mol. The zero-order valence-electron chi connectivity index (χ0n) is 10.8. The highest BCUT2D eigenvalue weighted by atomic mass is 32.2. The molecular weight excluding hydrogens is 314 g/mol. The van der Waals surface area contributed by atoms with E-state index in [1.165, 1.54) is 34.4 Å². The van der Waals surface area contributed by atoms with Gasteiger partial charge < -0.3 is 5.32 Å². The number of nitriles is 1. The largest absolute Gasteiger partial charge is 0.363 e. The second-order valence-corrected chi connectivity index (χ2v) is 6.86. The summed E-state index contributed by atoms with van der Waals surface area (Å²) in [6.45, 7) is 1.84. The molecule has 0 aliphatic heterocycles. The predicted octanol–water partition coefficient (Wildman–Crippen LogP) is 2.31. The first-order valence-corrected chi connectivity index (χ1v) is 8.30. The van der Waals surface area contributed by atoms with Crippen LogP contribution in [0, 0.1) is 18.3 Å². The fourth-order valence-electron chi connectivity index (χ4n) is 1.36.